The SMILES string of the molecule is CN(C)C(=O)Cc1nc2ccccc2s1. The molecule has 3 nitrogen and oxygen atoms in total. The zero-order valence-corrected chi connectivity index (χ0v) is 9.54. The summed E-state index contributed by atoms with van der Waals surface area (Å²) in [5.74, 6) is 0.0917. The number of hydrogen-bond acceptors (Lipinski definition) is 3. The number of para-hydroxylation sites is 1. The molecule has 1 aromatic heterocycles. The summed E-state index contributed by atoms with van der Waals surface area (Å²) in [6.07, 6.45) is 0.395. The van der Waals surface area contributed by atoms with E-state index in [9.17, 15) is 4.79 Å². The first-order valence-electron chi connectivity index (χ1n) is 4.71. The van der Waals surface area contributed by atoms with E-state index in [1.165, 1.54) is 0 Å². The molecule has 0 bridgehead atoms. The summed E-state index contributed by atoms with van der Waals surface area (Å²) in [5.41, 5.74) is 0.976. The second-order valence-electron chi connectivity index (χ2n) is 3.54. The number of likely N-dealkylation sites (N-methyl/N-ethyl adjacent to an activating group) is 1. The smallest absolute Gasteiger partial charge is 0.228 e. The van der Waals surface area contributed by atoms with Crippen LogP contribution in [-0.2, 0) is 11.2 Å². The summed E-state index contributed by atoms with van der Waals surface area (Å²) in [6.45, 7) is 0. The molecule has 1 amide bonds. The van der Waals surface area contributed by atoms with E-state index in [1.807, 2.05) is 24.3 Å². The van der Waals surface area contributed by atoms with Crippen molar-refractivity contribution in [2.45, 2.75) is 6.42 Å². The number of thiazole rings is 1. The molecule has 4 heteroatoms. The molecule has 0 saturated carbocycles. The van der Waals surface area contributed by atoms with Gasteiger partial charge in [-0.05, 0) is 12.1 Å². The fourth-order valence-electron chi connectivity index (χ4n) is 1.28. The van der Waals surface area contributed by atoms with Crippen molar-refractivity contribution in [2.75, 3.05) is 14.1 Å². The van der Waals surface area contributed by atoms with E-state index in [0.29, 0.717) is 6.42 Å². The molecule has 0 aliphatic rings. The molecule has 15 heavy (non-hydrogen) atoms. The van der Waals surface area contributed by atoms with Gasteiger partial charge in [0.2, 0.25) is 5.91 Å². The van der Waals surface area contributed by atoms with E-state index in [1.54, 1.807) is 30.3 Å². The Balaban J connectivity index is 2.26. The van der Waals surface area contributed by atoms with Gasteiger partial charge in [0.15, 0.2) is 0 Å². The van der Waals surface area contributed by atoms with Gasteiger partial charge in [-0.1, -0.05) is 12.1 Å². The van der Waals surface area contributed by atoms with Crippen LogP contribution >= 0.6 is 11.3 Å². The van der Waals surface area contributed by atoms with E-state index >= 15 is 0 Å². The van der Waals surface area contributed by atoms with Crippen LogP contribution in [0.5, 0.6) is 0 Å². The molecule has 1 heterocycles. The van der Waals surface area contributed by atoms with Crippen molar-refractivity contribution in [3.05, 3.63) is 29.3 Å². The number of aromatic nitrogens is 1. The quantitative estimate of drug-likeness (QED) is 0.774. The van der Waals surface area contributed by atoms with Crippen LogP contribution in [0, 0.1) is 0 Å². The minimum Gasteiger partial charge on any atom is -0.348 e. The fraction of sp³-hybridized carbons (Fsp3) is 0.273. The molecule has 0 N–H and O–H groups in total. The van der Waals surface area contributed by atoms with Crippen molar-refractivity contribution >= 4 is 27.5 Å². The number of amides is 1. The molecule has 0 unspecified atom stereocenters. The Morgan fingerprint density at radius 1 is 1.40 bits per heavy atom. The normalized spacial score (nSPS) is 10.5. The van der Waals surface area contributed by atoms with Crippen molar-refractivity contribution in [3.63, 3.8) is 0 Å². The standard InChI is InChI=1S/C11H12N2OS/c1-13(2)11(14)7-10-12-8-5-3-4-6-9(8)15-10/h3-6H,7H2,1-2H3. The van der Waals surface area contributed by atoms with Crippen LogP contribution in [0.15, 0.2) is 24.3 Å². The van der Waals surface area contributed by atoms with Gasteiger partial charge in [-0.15, -0.1) is 11.3 Å². The van der Waals surface area contributed by atoms with Gasteiger partial charge in [-0.3, -0.25) is 4.79 Å². The van der Waals surface area contributed by atoms with Gasteiger partial charge in [-0.2, -0.15) is 0 Å². The molecule has 0 saturated heterocycles. The van der Waals surface area contributed by atoms with Crippen LogP contribution in [0.4, 0.5) is 0 Å². The summed E-state index contributed by atoms with van der Waals surface area (Å²) >= 11 is 1.58. The molecule has 2 aromatic rings. The number of benzene rings is 1. The second-order valence-corrected chi connectivity index (χ2v) is 4.66. The molecule has 0 radical (unpaired) electrons. The van der Waals surface area contributed by atoms with Crippen LogP contribution in [0.2, 0.25) is 0 Å². The largest absolute Gasteiger partial charge is 0.348 e. The number of nitrogens with zero attached hydrogens (tertiary/aromatic N) is 2. The van der Waals surface area contributed by atoms with Gasteiger partial charge in [-0.25, -0.2) is 4.98 Å². The lowest BCUT2D eigenvalue weighted by molar-refractivity contribution is -0.127. The third-order valence-electron chi connectivity index (χ3n) is 2.14. The minimum absolute atomic E-state index is 0.0917. The maximum Gasteiger partial charge on any atom is 0.228 e. The number of fused-ring (bicyclic) bond motifs is 1. The van der Waals surface area contributed by atoms with Crippen LogP contribution in [0.3, 0.4) is 0 Å². The maximum absolute atomic E-state index is 11.5. The molecule has 0 spiro atoms. The van der Waals surface area contributed by atoms with Gasteiger partial charge < -0.3 is 4.90 Å². The lowest BCUT2D eigenvalue weighted by Crippen LogP contribution is -2.23. The van der Waals surface area contributed by atoms with Gasteiger partial charge in [0.25, 0.3) is 0 Å². The lowest BCUT2D eigenvalue weighted by Gasteiger charge is -2.07. The van der Waals surface area contributed by atoms with Crippen molar-refractivity contribution in [1.82, 2.24) is 9.88 Å². The Hall–Kier alpha value is -1.42. The van der Waals surface area contributed by atoms with Crippen molar-refractivity contribution < 1.29 is 4.79 Å². The third-order valence-corrected chi connectivity index (χ3v) is 3.18. The zero-order valence-electron chi connectivity index (χ0n) is 8.73. The average Bonchev–Trinajstić information content (AvgIpc) is 2.59. The van der Waals surface area contributed by atoms with Gasteiger partial charge in [0, 0.05) is 14.1 Å². The molecule has 0 aliphatic carbocycles. The Morgan fingerprint density at radius 3 is 2.80 bits per heavy atom. The van der Waals surface area contributed by atoms with Gasteiger partial charge >= 0.3 is 0 Å². The number of rotatable bonds is 2. The predicted molar refractivity (Wildman–Crippen MR) is 62.0 cm³/mol. The van der Waals surface area contributed by atoms with Crippen LogP contribution in [-0.4, -0.2) is 29.9 Å². The van der Waals surface area contributed by atoms with E-state index < -0.39 is 0 Å². The van der Waals surface area contributed by atoms with Crippen LogP contribution < -0.4 is 0 Å². The Kier molecular flexibility index (Phi) is 2.68. The van der Waals surface area contributed by atoms with Crippen LogP contribution in [0.25, 0.3) is 10.2 Å². The number of carbonyl (C=O) groups excluding carboxylic acids is 1. The van der Waals surface area contributed by atoms with E-state index in [4.69, 9.17) is 0 Å². The molecule has 0 atom stereocenters. The molecular weight excluding hydrogens is 208 g/mol. The monoisotopic (exact) mass is 220 g/mol. The second kappa shape index (κ2) is 3.98. The Bertz CT molecular complexity index is 457. The topological polar surface area (TPSA) is 33.2 Å². The third kappa shape index (κ3) is 2.15. The van der Waals surface area contributed by atoms with E-state index in [2.05, 4.69) is 4.98 Å². The average molecular weight is 220 g/mol. The first-order chi connectivity index (χ1) is 7.16. The maximum atomic E-state index is 11.5. The Morgan fingerprint density at radius 2 is 2.13 bits per heavy atom. The summed E-state index contributed by atoms with van der Waals surface area (Å²) in [7, 11) is 3.52. The van der Waals surface area contributed by atoms with Crippen LogP contribution in [0.1, 0.15) is 5.01 Å². The first-order valence-corrected chi connectivity index (χ1v) is 5.53. The van der Waals surface area contributed by atoms with Crippen molar-refractivity contribution in [1.29, 1.82) is 0 Å². The molecule has 78 valence electrons. The highest BCUT2D eigenvalue weighted by molar-refractivity contribution is 7.18. The Labute approximate surface area is 92.4 Å². The van der Waals surface area contributed by atoms with E-state index in [-0.39, 0.29) is 5.91 Å². The van der Waals surface area contributed by atoms with E-state index in [0.717, 1.165) is 15.2 Å². The minimum atomic E-state index is 0.0917. The molecular formula is C11H12N2OS. The summed E-state index contributed by atoms with van der Waals surface area (Å²) in [6, 6.07) is 7.93. The molecule has 0 aliphatic heterocycles. The first kappa shape index (κ1) is 10.1. The lowest BCUT2D eigenvalue weighted by atomic mass is 10.3. The summed E-state index contributed by atoms with van der Waals surface area (Å²) in [4.78, 5) is 17.5. The fourth-order valence-corrected chi connectivity index (χ4v) is 2.24. The molecule has 0 fully saturated rings. The zero-order chi connectivity index (χ0) is 10.8. The number of hydrogen-bond donors (Lipinski definition) is 0. The molecule has 2 rings (SSSR count). The predicted octanol–water partition coefficient (Wildman–Crippen LogP) is 1.93. The van der Waals surface area contributed by atoms with Gasteiger partial charge in [0.05, 0.1) is 16.6 Å². The molecule has 1 aromatic carbocycles. The van der Waals surface area contributed by atoms with Crippen molar-refractivity contribution in [3.8, 4) is 0 Å². The number of carbonyl (C=O) groups is 1. The highest BCUT2D eigenvalue weighted by atomic mass is 32.1. The summed E-state index contributed by atoms with van der Waals surface area (Å²) < 4.78 is 1.14. The highest BCUT2D eigenvalue weighted by Gasteiger charge is 2.09. The van der Waals surface area contributed by atoms with Crippen molar-refractivity contribution in [2.24, 2.45) is 0 Å². The van der Waals surface area contributed by atoms with Gasteiger partial charge in [0.1, 0.15) is 5.01 Å². The summed E-state index contributed by atoms with van der Waals surface area (Å²) in [5, 5.41) is 0.884. The highest BCUT2D eigenvalue weighted by Crippen LogP contribution is 2.21.